The Morgan fingerprint density at radius 3 is 2.50 bits per heavy atom. The van der Waals surface area contributed by atoms with E-state index in [1.165, 1.54) is 38.5 Å². The number of nitrogen functional groups attached to an aromatic ring is 1. The summed E-state index contributed by atoms with van der Waals surface area (Å²) in [5.74, 6) is 0. The fourth-order valence-electron chi connectivity index (χ4n) is 2.15. The molecule has 0 amide bonds. The molecule has 0 atom stereocenters. The van der Waals surface area contributed by atoms with Gasteiger partial charge < -0.3 is 5.73 Å². The molecule has 0 aliphatic heterocycles. The van der Waals surface area contributed by atoms with Crippen molar-refractivity contribution >= 4 is 29.1 Å². The van der Waals surface area contributed by atoms with E-state index in [9.17, 15) is 0 Å². The summed E-state index contributed by atoms with van der Waals surface area (Å²) in [5, 5.41) is 1.56. The van der Waals surface area contributed by atoms with Crippen molar-refractivity contribution in [3.63, 3.8) is 0 Å². The highest BCUT2D eigenvalue weighted by Crippen LogP contribution is 2.37. The van der Waals surface area contributed by atoms with E-state index in [0.717, 1.165) is 20.9 Å². The molecule has 1 aliphatic carbocycles. The Morgan fingerprint density at radius 1 is 1.12 bits per heavy atom. The Bertz CT molecular complexity index is 346. The molecule has 0 spiro atoms. The van der Waals surface area contributed by atoms with Gasteiger partial charge in [0.05, 0.1) is 5.02 Å². The van der Waals surface area contributed by atoms with Crippen LogP contribution in [0.4, 0.5) is 5.69 Å². The Labute approximate surface area is 107 Å². The predicted molar refractivity (Wildman–Crippen MR) is 73.2 cm³/mol. The molecule has 0 aromatic heterocycles. The largest absolute Gasteiger partial charge is 0.399 e. The van der Waals surface area contributed by atoms with Crippen molar-refractivity contribution in [1.29, 1.82) is 0 Å². The van der Waals surface area contributed by atoms with Gasteiger partial charge in [-0.1, -0.05) is 37.3 Å². The van der Waals surface area contributed by atoms with Crippen molar-refractivity contribution < 1.29 is 0 Å². The topological polar surface area (TPSA) is 26.0 Å². The maximum atomic E-state index is 6.18. The third kappa shape index (κ3) is 3.33. The van der Waals surface area contributed by atoms with Crippen LogP contribution in [-0.2, 0) is 0 Å². The van der Waals surface area contributed by atoms with Crippen LogP contribution in [0.3, 0.4) is 0 Å². The SMILES string of the molecule is Nc1ccc(Cl)c(SC2CCCCCC2)c1. The highest BCUT2D eigenvalue weighted by atomic mass is 35.5. The zero-order chi connectivity index (χ0) is 11.4. The highest BCUT2D eigenvalue weighted by Gasteiger charge is 2.15. The molecule has 0 unspecified atom stereocenters. The standard InChI is InChI=1S/C13H18ClNS/c14-12-8-7-10(15)9-13(12)16-11-5-3-1-2-4-6-11/h7-9,11H,1-6,15H2. The quantitative estimate of drug-likeness (QED) is 0.610. The molecule has 2 rings (SSSR count). The normalized spacial score (nSPS) is 18.3. The summed E-state index contributed by atoms with van der Waals surface area (Å²) >= 11 is 8.09. The Balaban J connectivity index is 2.04. The van der Waals surface area contributed by atoms with E-state index in [1.807, 2.05) is 30.0 Å². The van der Waals surface area contributed by atoms with E-state index in [2.05, 4.69) is 0 Å². The molecule has 1 nitrogen and oxygen atoms in total. The molecule has 0 radical (unpaired) electrons. The van der Waals surface area contributed by atoms with Gasteiger partial charge in [-0.3, -0.25) is 0 Å². The third-order valence-electron chi connectivity index (χ3n) is 3.05. The summed E-state index contributed by atoms with van der Waals surface area (Å²) in [6.07, 6.45) is 8.13. The minimum atomic E-state index is 0.724. The number of hydrogen-bond donors (Lipinski definition) is 1. The lowest BCUT2D eigenvalue weighted by atomic mass is 10.2. The third-order valence-corrected chi connectivity index (χ3v) is 4.89. The molecule has 0 heterocycles. The van der Waals surface area contributed by atoms with E-state index in [0.29, 0.717) is 0 Å². The van der Waals surface area contributed by atoms with Gasteiger partial charge in [0, 0.05) is 15.8 Å². The molecule has 0 bridgehead atoms. The zero-order valence-electron chi connectivity index (χ0n) is 9.42. The maximum Gasteiger partial charge on any atom is 0.0543 e. The molecule has 1 aromatic carbocycles. The average Bonchev–Trinajstić information content (AvgIpc) is 2.52. The Morgan fingerprint density at radius 2 is 1.81 bits per heavy atom. The van der Waals surface area contributed by atoms with Crippen molar-refractivity contribution in [2.45, 2.75) is 48.7 Å². The van der Waals surface area contributed by atoms with Crippen LogP contribution < -0.4 is 5.73 Å². The molecule has 16 heavy (non-hydrogen) atoms. The number of halogens is 1. The van der Waals surface area contributed by atoms with Crippen LogP contribution in [0.2, 0.25) is 5.02 Å². The summed E-state index contributed by atoms with van der Waals surface area (Å²) in [6.45, 7) is 0. The van der Waals surface area contributed by atoms with Crippen LogP contribution in [0.15, 0.2) is 23.1 Å². The summed E-state index contributed by atoms with van der Waals surface area (Å²) in [5.41, 5.74) is 6.60. The van der Waals surface area contributed by atoms with Gasteiger partial charge in [-0.05, 0) is 31.0 Å². The van der Waals surface area contributed by atoms with Crippen LogP contribution >= 0.6 is 23.4 Å². The van der Waals surface area contributed by atoms with Gasteiger partial charge in [0.2, 0.25) is 0 Å². The zero-order valence-corrected chi connectivity index (χ0v) is 11.0. The van der Waals surface area contributed by atoms with Gasteiger partial charge >= 0.3 is 0 Å². The Kier molecular flexibility index (Phi) is 4.42. The monoisotopic (exact) mass is 255 g/mol. The number of anilines is 1. The first-order valence-corrected chi connectivity index (χ1v) is 7.23. The lowest BCUT2D eigenvalue weighted by Crippen LogP contribution is -2.00. The highest BCUT2D eigenvalue weighted by molar-refractivity contribution is 8.00. The first-order chi connectivity index (χ1) is 7.75. The van der Waals surface area contributed by atoms with Gasteiger partial charge in [0.15, 0.2) is 0 Å². The molecule has 1 fully saturated rings. The smallest absolute Gasteiger partial charge is 0.0543 e. The fraction of sp³-hybridized carbons (Fsp3) is 0.538. The van der Waals surface area contributed by atoms with Crippen LogP contribution in [0, 0.1) is 0 Å². The van der Waals surface area contributed by atoms with Gasteiger partial charge in [0.25, 0.3) is 0 Å². The number of benzene rings is 1. The Hall–Kier alpha value is -0.340. The van der Waals surface area contributed by atoms with Crippen LogP contribution in [0.25, 0.3) is 0 Å². The first kappa shape index (κ1) is 12.1. The second-order valence-corrected chi connectivity index (χ2v) is 6.17. The van der Waals surface area contributed by atoms with Crippen molar-refractivity contribution in [2.24, 2.45) is 0 Å². The fourth-order valence-corrected chi connectivity index (χ4v) is 3.71. The van der Waals surface area contributed by atoms with Crippen molar-refractivity contribution in [3.05, 3.63) is 23.2 Å². The molecule has 1 aromatic rings. The molecule has 0 saturated heterocycles. The van der Waals surface area contributed by atoms with Gasteiger partial charge in [-0.25, -0.2) is 0 Å². The van der Waals surface area contributed by atoms with E-state index < -0.39 is 0 Å². The molecule has 2 N–H and O–H groups in total. The van der Waals surface area contributed by atoms with Crippen LogP contribution in [-0.4, -0.2) is 5.25 Å². The summed E-state index contributed by atoms with van der Waals surface area (Å²) in [6, 6.07) is 5.76. The first-order valence-electron chi connectivity index (χ1n) is 5.97. The van der Waals surface area contributed by atoms with E-state index in [4.69, 9.17) is 17.3 Å². The van der Waals surface area contributed by atoms with Gasteiger partial charge in [-0.15, -0.1) is 11.8 Å². The molecular weight excluding hydrogens is 238 g/mol. The second-order valence-electron chi connectivity index (χ2n) is 4.42. The van der Waals surface area contributed by atoms with E-state index in [-0.39, 0.29) is 0 Å². The number of nitrogens with two attached hydrogens (primary N) is 1. The van der Waals surface area contributed by atoms with Gasteiger partial charge in [-0.2, -0.15) is 0 Å². The number of rotatable bonds is 2. The minimum Gasteiger partial charge on any atom is -0.399 e. The van der Waals surface area contributed by atoms with E-state index in [1.54, 1.807) is 0 Å². The molecule has 1 aliphatic rings. The van der Waals surface area contributed by atoms with Crippen molar-refractivity contribution in [2.75, 3.05) is 5.73 Å². The lowest BCUT2D eigenvalue weighted by Gasteiger charge is -2.14. The summed E-state index contributed by atoms with van der Waals surface area (Å²) in [4.78, 5) is 1.15. The molecular formula is C13H18ClNS. The molecule has 1 saturated carbocycles. The summed E-state index contributed by atoms with van der Waals surface area (Å²) in [7, 11) is 0. The van der Waals surface area contributed by atoms with Crippen LogP contribution in [0.5, 0.6) is 0 Å². The van der Waals surface area contributed by atoms with E-state index >= 15 is 0 Å². The minimum absolute atomic E-state index is 0.724. The second kappa shape index (κ2) is 5.83. The predicted octanol–water partition coefficient (Wildman–Crippen LogP) is 4.74. The van der Waals surface area contributed by atoms with Crippen LogP contribution in [0.1, 0.15) is 38.5 Å². The van der Waals surface area contributed by atoms with Crippen molar-refractivity contribution in [3.8, 4) is 0 Å². The van der Waals surface area contributed by atoms with Gasteiger partial charge in [0.1, 0.15) is 0 Å². The van der Waals surface area contributed by atoms with Crippen molar-refractivity contribution in [1.82, 2.24) is 0 Å². The molecule has 3 heteroatoms. The molecule has 88 valence electrons. The number of thioether (sulfide) groups is 1. The number of hydrogen-bond acceptors (Lipinski definition) is 2. The lowest BCUT2D eigenvalue weighted by molar-refractivity contribution is 0.702. The summed E-state index contributed by atoms with van der Waals surface area (Å²) < 4.78 is 0. The average molecular weight is 256 g/mol. The maximum absolute atomic E-state index is 6.18.